The minimum atomic E-state index is 0. The summed E-state index contributed by atoms with van der Waals surface area (Å²) in [7, 11) is 0. The summed E-state index contributed by atoms with van der Waals surface area (Å²) in [5, 5.41) is 10.3. The molecule has 3 nitrogen and oxygen atoms in total. The molecule has 1 saturated heterocycles. The normalized spacial score (nSPS) is 19.2. The highest BCUT2D eigenvalue weighted by molar-refractivity contribution is 5.86. The highest BCUT2D eigenvalue weighted by Gasteiger charge is 1.93. The molecule has 0 aromatic heterocycles. The van der Waals surface area contributed by atoms with Gasteiger partial charge in [0.05, 0.1) is 0 Å². The van der Waals surface area contributed by atoms with Crippen LogP contribution in [0.3, 0.4) is 0 Å². The fourth-order valence-corrected chi connectivity index (χ4v) is 1.39. The van der Waals surface area contributed by atoms with E-state index in [2.05, 4.69) is 16.0 Å². The van der Waals surface area contributed by atoms with E-state index in [9.17, 15) is 0 Å². The van der Waals surface area contributed by atoms with Crippen LogP contribution in [0.15, 0.2) is 0 Å². The van der Waals surface area contributed by atoms with Crippen LogP contribution in [0.1, 0.15) is 19.3 Å². The predicted octanol–water partition coefficient (Wildman–Crippen LogP) is 1.20. The molecule has 96 valence electrons. The van der Waals surface area contributed by atoms with Gasteiger partial charge in [0.2, 0.25) is 0 Å². The van der Waals surface area contributed by atoms with E-state index in [1.807, 2.05) is 0 Å². The molecule has 0 saturated carbocycles. The summed E-state index contributed by atoms with van der Waals surface area (Å²) in [5.74, 6) is 0. The molecule has 1 rings (SSSR count). The second-order valence-electron chi connectivity index (χ2n) is 3.31. The van der Waals surface area contributed by atoms with Gasteiger partial charge in [-0.1, -0.05) is 0 Å². The average Bonchev–Trinajstić information content (AvgIpc) is 2.05. The van der Waals surface area contributed by atoms with Crippen molar-refractivity contribution in [3.05, 3.63) is 0 Å². The van der Waals surface area contributed by atoms with E-state index >= 15 is 0 Å². The summed E-state index contributed by atoms with van der Waals surface area (Å²) < 4.78 is 0. The second-order valence-corrected chi connectivity index (χ2v) is 3.31. The topological polar surface area (TPSA) is 36.1 Å². The lowest BCUT2D eigenvalue weighted by molar-refractivity contribution is 0.527. The van der Waals surface area contributed by atoms with Gasteiger partial charge < -0.3 is 16.0 Å². The molecule has 1 aliphatic rings. The number of nitrogens with one attached hydrogen (secondary N) is 3. The summed E-state index contributed by atoms with van der Waals surface area (Å²) in [4.78, 5) is 0. The smallest absolute Gasteiger partial charge is 0.00368 e. The predicted molar refractivity (Wildman–Crippen MR) is 74.2 cm³/mol. The van der Waals surface area contributed by atoms with E-state index < -0.39 is 0 Å². The van der Waals surface area contributed by atoms with Gasteiger partial charge in [-0.2, -0.15) is 0 Å². The number of halogens is 3. The molecular weight excluding hydrogens is 256 g/mol. The first-order valence-corrected chi connectivity index (χ1v) is 5.12. The van der Waals surface area contributed by atoms with Crippen molar-refractivity contribution >= 4 is 37.2 Å². The Labute approximate surface area is 112 Å². The standard InChI is InChI=1S/C9H21N3.3ClH/c1-4-10-6-2-8-12-9-3-7-11-5-1;;;/h10-12H,1-9H2;3*1H. The third-order valence-corrected chi connectivity index (χ3v) is 2.12. The minimum Gasteiger partial charge on any atom is -0.317 e. The van der Waals surface area contributed by atoms with Gasteiger partial charge in [0.15, 0.2) is 0 Å². The van der Waals surface area contributed by atoms with E-state index in [1.165, 1.54) is 19.3 Å². The van der Waals surface area contributed by atoms with Gasteiger partial charge in [-0.3, -0.25) is 0 Å². The van der Waals surface area contributed by atoms with Crippen molar-refractivity contribution in [2.75, 3.05) is 39.3 Å². The zero-order valence-corrected chi connectivity index (χ0v) is 11.5. The van der Waals surface area contributed by atoms with Crippen LogP contribution in [0.2, 0.25) is 0 Å². The van der Waals surface area contributed by atoms with Crippen LogP contribution in [0.4, 0.5) is 0 Å². The van der Waals surface area contributed by atoms with E-state index in [0.717, 1.165) is 39.3 Å². The van der Waals surface area contributed by atoms with Crippen molar-refractivity contribution in [3.63, 3.8) is 0 Å². The monoisotopic (exact) mass is 279 g/mol. The largest absolute Gasteiger partial charge is 0.317 e. The molecule has 0 amide bonds. The Morgan fingerprint density at radius 3 is 0.800 bits per heavy atom. The number of hydrogen-bond acceptors (Lipinski definition) is 3. The molecule has 0 atom stereocenters. The lowest BCUT2D eigenvalue weighted by Crippen LogP contribution is -2.29. The summed E-state index contributed by atoms with van der Waals surface area (Å²) in [6.07, 6.45) is 3.77. The van der Waals surface area contributed by atoms with E-state index in [4.69, 9.17) is 0 Å². The molecule has 6 heteroatoms. The third kappa shape index (κ3) is 14.8. The fraction of sp³-hybridized carbons (Fsp3) is 1.00. The zero-order chi connectivity index (χ0) is 8.49. The molecule has 0 radical (unpaired) electrons. The van der Waals surface area contributed by atoms with Crippen LogP contribution in [0.25, 0.3) is 0 Å². The fourth-order valence-electron chi connectivity index (χ4n) is 1.39. The number of rotatable bonds is 0. The van der Waals surface area contributed by atoms with E-state index in [-0.39, 0.29) is 37.2 Å². The summed E-state index contributed by atoms with van der Waals surface area (Å²) in [6, 6.07) is 0. The summed E-state index contributed by atoms with van der Waals surface area (Å²) >= 11 is 0. The molecule has 1 fully saturated rings. The van der Waals surface area contributed by atoms with Crippen LogP contribution in [0, 0.1) is 0 Å². The Bertz CT molecular complexity index is 63.6. The van der Waals surface area contributed by atoms with Crippen molar-refractivity contribution in [2.24, 2.45) is 0 Å². The Morgan fingerprint density at radius 1 is 0.400 bits per heavy atom. The zero-order valence-electron chi connectivity index (χ0n) is 9.09. The van der Waals surface area contributed by atoms with Crippen molar-refractivity contribution in [1.82, 2.24) is 16.0 Å². The number of hydrogen-bond donors (Lipinski definition) is 3. The van der Waals surface area contributed by atoms with Crippen molar-refractivity contribution in [3.8, 4) is 0 Å². The van der Waals surface area contributed by atoms with Crippen molar-refractivity contribution in [1.29, 1.82) is 0 Å². The molecule has 0 aromatic rings. The Kier molecular flexibility index (Phi) is 24.1. The lowest BCUT2D eigenvalue weighted by Gasteiger charge is -2.09. The highest BCUT2D eigenvalue weighted by Crippen LogP contribution is 1.81. The maximum atomic E-state index is 3.42. The lowest BCUT2D eigenvalue weighted by atomic mass is 10.3. The quantitative estimate of drug-likeness (QED) is 0.624. The first-order valence-electron chi connectivity index (χ1n) is 5.12. The first-order chi connectivity index (χ1) is 6.00. The van der Waals surface area contributed by atoms with Crippen LogP contribution in [-0.2, 0) is 0 Å². The molecule has 1 heterocycles. The Morgan fingerprint density at radius 2 is 0.600 bits per heavy atom. The van der Waals surface area contributed by atoms with Gasteiger partial charge in [-0.25, -0.2) is 0 Å². The Hall–Kier alpha value is 0.750. The van der Waals surface area contributed by atoms with Crippen LogP contribution in [0.5, 0.6) is 0 Å². The SMILES string of the molecule is C1CNCCCNCCCNC1.Cl.Cl.Cl. The van der Waals surface area contributed by atoms with Gasteiger partial charge in [0, 0.05) is 0 Å². The average molecular weight is 281 g/mol. The van der Waals surface area contributed by atoms with Crippen molar-refractivity contribution in [2.45, 2.75) is 19.3 Å². The van der Waals surface area contributed by atoms with Crippen LogP contribution in [-0.4, -0.2) is 39.3 Å². The van der Waals surface area contributed by atoms with Gasteiger partial charge in [-0.05, 0) is 58.5 Å². The third-order valence-electron chi connectivity index (χ3n) is 2.12. The molecule has 0 unspecified atom stereocenters. The molecule has 0 aromatic carbocycles. The highest BCUT2D eigenvalue weighted by atomic mass is 35.5. The Balaban J connectivity index is -0.000000480. The molecule has 0 spiro atoms. The summed E-state index contributed by atoms with van der Waals surface area (Å²) in [6.45, 7) is 6.96. The van der Waals surface area contributed by atoms with Crippen LogP contribution >= 0.6 is 37.2 Å². The second kappa shape index (κ2) is 17.2. The molecule has 0 bridgehead atoms. The summed E-state index contributed by atoms with van der Waals surface area (Å²) in [5.41, 5.74) is 0. The van der Waals surface area contributed by atoms with Crippen molar-refractivity contribution < 1.29 is 0 Å². The molecular formula is C9H24Cl3N3. The molecule has 15 heavy (non-hydrogen) atoms. The van der Waals surface area contributed by atoms with Gasteiger partial charge in [0.25, 0.3) is 0 Å². The molecule has 3 N–H and O–H groups in total. The maximum Gasteiger partial charge on any atom is -0.00368 e. The molecule has 1 aliphatic heterocycles. The maximum absolute atomic E-state index is 3.42. The van der Waals surface area contributed by atoms with Gasteiger partial charge in [-0.15, -0.1) is 37.2 Å². The van der Waals surface area contributed by atoms with Gasteiger partial charge in [0.1, 0.15) is 0 Å². The van der Waals surface area contributed by atoms with E-state index in [1.54, 1.807) is 0 Å². The molecule has 0 aliphatic carbocycles. The van der Waals surface area contributed by atoms with E-state index in [0.29, 0.717) is 0 Å². The minimum absolute atomic E-state index is 0. The first kappa shape index (κ1) is 21.1. The van der Waals surface area contributed by atoms with Crippen LogP contribution < -0.4 is 16.0 Å². The van der Waals surface area contributed by atoms with Gasteiger partial charge >= 0.3 is 0 Å².